The zero-order chi connectivity index (χ0) is 24.9. The average Bonchev–Trinajstić information content (AvgIpc) is 3.07. The van der Waals surface area contributed by atoms with Crippen LogP contribution in [0.4, 0.5) is 0 Å². The molecule has 1 saturated heterocycles. The minimum atomic E-state index is -1.71. The van der Waals surface area contributed by atoms with E-state index >= 15 is 0 Å². The minimum absolute atomic E-state index is 0.00274. The van der Waals surface area contributed by atoms with E-state index in [1.807, 2.05) is 6.92 Å². The maximum atomic E-state index is 13.0. The van der Waals surface area contributed by atoms with Crippen LogP contribution in [0.5, 0.6) is 0 Å². The number of hydrogen-bond acceptors (Lipinski definition) is 9. The van der Waals surface area contributed by atoms with Crippen LogP contribution in [0.3, 0.4) is 0 Å². The smallest absolute Gasteiger partial charge is 0.351 e. The summed E-state index contributed by atoms with van der Waals surface area (Å²) in [7, 11) is 0. The van der Waals surface area contributed by atoms with Crippen molar-refractivity contribution in [3.8, 4) is 0 Å². The molecule has 1 aliphatic heterocycles. The van der Waals surface area contributed by atoms with E-state index in [0.717, 1.165) is 5.57 Å². The molecule has 1 saturated carbocycles. The molecule has 9 atom stereocenters. The SMILES string of the molecule is CCC(C)C(=O)O[C@H]1C[C@](C)(OC(C)=O)[C@@H]2[C@@H](C(C)=C[C@H]2O)[C@@H]2OC(=O)[C@@](C)(OC(C)=O)[C@@H]21. The van der Waals surface area contributed by atoms with Crippen molar-refractivity contribution in [1.82, 2.24) is 0 Å². The molecule has 0 aromatic rings. The molecule has 0 amide bonds. The van der Waals surface area contributed by atoms with E-state index in [0.29, 0.717) is 6.42 Å². The highest BCUT2D eigenvalue weighted by Gasteiger charge is 2.69. The third kappa shape index (κ3) is 4.27. The molecule has 0 bridgehead atoms. The van der Waals surface area contributed by atoms with Crippen LogP contribution in [0.15, 0.2) is 11.6 Å². The van der Waals surface area contributed by atoms with Gasteiger partial charge in [0.25, 0.3) is 0 Å². The topological polar surface area (TPSA) is 125 Å². The Labute approximate surface area is 193 Å². The monoisotopic (exact) mass is 466 g/mol. The number of carbonyl (C=O) groups is 4. The van der Waals surface area contributed by atoms with E-state index in [-0.39, 0.29) is 6.42 Å². The summed E-state index contributed by atoms with van der Waals surface area (Å²) in [4.78, 5) is 49.9. The largest absolute Gasteiger partial charge is 0.461 e. The first-order valence-electron chi connectivity index (χ1n) is 11.4. The molecular weight excluding hydrogens is 432 g/mol. The molecule has 3 rings (SSSR count). The minimum Gasteiger partial charge on any atom is -0.461 e. The van der Waals surface area contributed by atoms with Gasteiger partial charge in [-0.1, -0.05) is 25.5 Å². The van der Waals surface area contributed by atoms with Crippen LogP contribution in [-0.2, 0) is 38.1 Å². The number of carbonyl (C=O) groups excluding carboxylic acids is 4. The second-order valence-corrected chi connectivity index (χ2v) is 9.94. The molecule has 0 aromatic heterocycles. The molecule has 33 heavy (non-hydrogen) atoms. The van der Waals surface area contributed by atoms with Crippen LogP contribution in [0.1, 0.15) is 61.3 Å². The van der Waals surface area contributed by atoms with Gasteiger partial charge in [0, 0.05) is 32.1 Å². The molecule has 0 radical (unpaired) electrons. The summed E-state index contributed by atoms with van der Waals surface area (Å²) >= 11 is 0. The summed E-state index contributed by atoms with van der Waals surface area (Å²) in [6.07, 6.45) is -0.584. The number of esters is 4. The van der Waals surface area contributed by atoms with E-state index in [2.05, 4.69) is 0 Å². The highest BCUT2D eigenvalue weighted by atomic mass is 16.6. The number of hydrogen-bond donors (Lipinski definition) is 1. The highest BCUT2D eigenvalue weighted by molar-refractivity contribution is 5.85. The summed E-state index contributed by atoms with van der Waals surface area (Å²) in [6.45, 7) is 11.0. The number of fused-ring (bicyclic) bond motifs is 3. The Morgan fingerprint density at radius 3 is 2.33 bits per heavy atom. The van der Waals surface area contributed by atoms with Crippen molar-refractivity contribution in [2.45, 2.75) is 90.8 Å². The molecule has 2 fully saturated rings. The van der Waals surface area contributed by atoms with Crippen molar-refractivity contribution in [1.29, 1.82) is 0 Å². The molecular formula is C24H34O9. The summed E-state index contributed by atoms with van der Waals surface area (Å²) in [5.74, 6) is -4.87. The number of aliphatic hydroxyl groups excluding tert-OH is 1. The van der Waals surface area contributed by atoms with Crippen LogP contribution in [0, 0.1) is 23.7 Å². The van der Waals surface area contributed by atoms with E-state index in [9.17, 15) is 24.3 Å². The maximum absolute atomic E-state index is 13.0. The lowest BCUT2D eigenvalue weighted by atomic mass is 9.74. The van der Waals surface area contributed by atoms with E-state index in [1.54, 1.807) is 26.8 Å². The summed E-state index contributed by atoms with van der Waals surface area (Å²) in [5.41, 5.74) is -2.19. The lowest BCUT2D eigenvalue weighted by molar-refractivity contribution is -0.186. The summed E-state index contributed by atoms with van der Waals surface area (Å²) in [5, 5.41) is 10.9. The highest BCUT2D eigenvalue weighted by Crippen LogP contribution is 2.56. The second-order valence-electron chi connectivity index (χ2n) is 9.94. The van der Waals surface area contributed by atoms with Gasteiger partial charge in [0.2, 0.25) is 5.60 Å². The molecule has 1 unspecified atom stereocenters. The quantitative estimate of drug-likeness (QED) is 0.368. The average molecular weight is 467 g/mol. The van der Waals surface area contributed by atoms with E-state index < -0.39 is 77.1 Å². The third-order valence-corrected chi connectivity index (χ3v) is 7.43. The molecule has 9 nitrogen and oxygen atoms in total. The molecule has 3 aliphatic rings. The van der Waals surface area contributed by atoms with Gasteiger partial charge in [-0.3, -0.25) is 14.4 Å². The van der Waals surface area contributed by atoms with Gasteiger partial charge in [-0.2, -0.15) is 0 Å². The van der Waals surface area contributed by atoms with Gasteiger partial charge in [-0.25, -0.2) is 4.79 Å². The molecule has 9 heteroatoms. The van der Waals surface area contributed by atoms with Crippen LogP contribution in [0.2, 0.25) is 0 Å². The van der Waals surface area contributed by atoms with Crippen molar-refractivity contribution >= 4 is 23.9 Å². The van der Waals surface area contributed by atoms with Gasteiger partial charge in [-0.05, 0) is 27.2 Å². The van der Waals surface area contributed by atoms with Crippen LogP contribution >= 0.6 is 0 Å². The van der Waals surface area contributed by atoms with Crippen molar-refractivity contribution in [3.05, 3.63) is 11.6 Å². The van der Waals surface area contributed by atoms with Crippen molar-refractivity contribution in [3.63, 3.8) is 0 Å². The van der Waals surface area contributed by atoms with E-state index in [1.165, 1.54) is 20.8 Å². The van der Waals surface area contributed by atoms with Crippen molar-refractivity contribution in [2.24, 2.45) is 23.7 Å². The molecule has 1 heterocycles. The molecule has 0 spiro atoms. The zero-order valence-corrected chi connectivity index (χ0v) is 20.2. The van der Waals surface area contributed by atoms with Gasteiger partial charge in [0.1, 0.15) is 17.8 Å². The van der Waals surface area contributed by atoms with Crippen molar-refractivity contribution < 1.29 is 43.2 Å². The first kappa shape index (κ1) is 25.2. The Balaban J connectivity index is 2.17. The predicted octanol–water partition coefficient (Wildman–Crippen LogP) is 2.09. The Morgan fingerprint density at radius 1 is 1.18 bits per heavy atom. The Hall–Kier alpha value is -2.42. The van der Waals surface area contributed by atoms with Gasteiger partial charge < -0.3 is 24.1 Å². The molecule has 1 N–H and O–H groups in total. The zero-order valence-electron chi connectivity index (χ0n) is 20.2. The molecule has 184 valence electrons. The molecule has 2 aliphatic carbocycles. The Bertz CT molecular complexity index is 879. The number of rotatable bonds is 5. The number of aliphatic hydroxyl groups is 1. The van der Waals surface area contributed by atoms with Gasteiger partial charge in [0.15, 0.2) is 0 Å². The first-order valence-corrected chi connectivity index (χ1v) is 11.4. The fourth-order valence-corrected chi connectivity index (χ4v) is 5.87. The van der Waals surface area contributed by atoms with Gasteiger partial charge >= 0.3 is 23.9 Å². The maximum Gasteiger partial charge on any atom is 0.351 e. The lowest BCUT2D eigenvalue weighted by Crippen LogP contribution is -2.51. The van der Waals surface area contributed by atoms with Crippen LogP contribution in [-0.4, -0.2) is 58.5 Å². The lowest BCUT2D eigenvalue weighted by Gasteiger charge is -2.40. The summed E-state index contributed by atoms with van der Waals surface area (Å²) < 4.78 is 23.0. The normalized spacial score (nSPS) is 40.5. The Morgan fingerprint density at radius 2 is 1.79 bits per heavy atom. The third-order valence-electron chi connectivity index (χ3n) is 7.43. The second kappa shape index (κ2) is 8.74. The van der Waals surface area contributed by atoms with Gasteiger partial charge in [-0.15, -0.1) is 0 Å². The standard InChI is InChI=1S/C24H34O9/c1-8-11(2)21(28)30-16-10-23(6,32-13(4)25)18-15(27)9-12(3)17(18)20-19(16)24(7,22(29)31-20)33-14(5)26/h9,11,15-20,27H,8,10H2,1-7H3/t11?,15-,16+,17-,18+,19-,20+,23+,24+/m1/s1. The fourth-order valence-electron chi connectivity index (χ4n) is 5.87. The number of ether oxygens (including phenoxy) is 4. The Kier molecular flexibility index (Phi) is 6.68. The fraction of sp³-hybridized carbons (Fsp3) is 0.750. The van der Waals surface area contributed by atoms with Crippen molar-refractivity contribution in [2.75, 3.05) is 0 Å². The summed E-state index contributed by atoms with van der Waals surface area (Å²) in [6, 6.07) is 0. The first-order chi connectivity index (χ1) is 15.2. The van der Waals surface area contributed by atoms with Gasteiger partial charge in [0.05, 0.1) is 17.9 Å². The molecule has 0 aromatic carbocycles. The predicted molar refractivity (Wildman–Crippen MR) is 114 cm³/mol. The van der Waals surface area contributed by atoms with Crippen LogP contribution in [0.25, 0.3) is 0 Å². The van der Waals surface area contributed by atoms with E-state index in [4.69, 9.17) is 18.9 Å². The van der Waals surface area contributed by atoms with Crippen LogP contribution < -0.4 is 0 Å².